The molecule has 0 aliphatic carbocycles. The maximum Gasteiger partial charge on any atom is 0.277 e. The number of fused-ring (bicyclic) bond motifs is 1. The van der Waals surface area contributed by atoms with E-state index in [1.165, 1.54) is 0 Å². The zero-order chi connectivity index (χ0) is 16.9. The van der Waals surface area contributed by atoms with E-state index in [2.05, 4.69) is 26.5 Å². The third-order valence-corrected chi connectivity index (χ3v) is 5.21. The fraction of sp³-hybridized carbons (Fsp3) is 0.111. The van der Waals surface area contributed by atoms with Crippen molar-refractivity contribution in [1.82, 2.24) is 5.43 Å². The lowest BCUT2D eigenvalue weighted by Crippen LogP contribution is -2.25. The van der Waals surface area contributed by atoms with E-state index in [4.69, 9.17) is 4.74 Å². The van der Waals surface area contributed by atoms with Crippen LogP contribution in [-0.4, -0.2) is 18.2 Å². The molecule has 6 heteroatoms. The van der Waals surface area contributed by atoms with Gasteiger partial charge in [-0.15, -0.1) is 11.3 Å². The Morgan fingerprint density at radius 2 is 2.04 bits per heavy atom. The number of nitrogens with zero attached hydrogens (tertiary/aromatic N) is 1. The molecule has 0 bridgehead atoms. The highest BCUT2D eigenvalue weighted by Gasteiger charge is 2.08. The minimum atomic E-state index is -0.300. The number of thiophene rings is 1. The van der Waals surface area contributed by atoms with Gasteiger partial charge in [0, 0.05) is 4.88 Å². The van der Waals surface area contributed by atoms with Gasteiger partial charge in [-0.25, -0.2) is 5.43 Å². The minimum absolute atomic E-state index is 0.0990. The molecule has 1 N–H and O–H groups in total. The van der Waals surface area contributed by atoms with Crippen LogP contribution in [0.4, 0.5) is 0 Å². The summed E-state index contributed by atoms with van der Waals surface area (Å²) in [7, 11) is 0. The van der Waals surface area contributed by atoms with Crippen molar-refractivity contribution in [3.05, 3.63) is 63.3 Å². The SMILES string of the molecule is CC(=NNC(=O)COc1ccc2ccccc2c1Br)c1cccs1. The highest BCUT2D eigenvalue weighted by molar-refractivity contribution is 9.10. The molecule has 3 rings (SSSR count). The monoisotopic (exact) mass is 402 g/mol. The van der Waals surface area contributed by atoms with Gasteiger partial charge in [0.05, 0.1) is 10.2 Å². The van der Waals surface area contributed by atoms with E-state index in [0.29, 0.717) is 5.75 Å². The van der Waals surface area contributed by atoms with Crippen LogP contribution in [0.5, 0.6) is 5.75 Å². The van der Waals surface area contributed by atoms with E-state index in [9.17, 15) is 4.79 Å². The van der Waals surface area contributed by atoms with Crippen molar-refractivity contribution < 1.29 is 9.53 Å². The van der Waals surface area contributed by atoms with Gasteiger partial charge in [0.15, 0.2) is 6.61 Å². The number of carbonyl (C=O) groups excluding carboxylic acids is 1. The first-order valence-electron chi connectivity index (χ1n) is 7.32. The zero-order valence-corrected chi connectivity index (χ0v) is 15.4. The molecule has 0 aliphatic heterocycles. The summed E-state index contributed by atoms with van der Waals surface area (Å²) in [6.45, 7) is 1.76. The average molecular weight is 403 g/mol. The average Bonchev–Trinajstić information content (AvgIpc) is 3.14. The van der Waals surface area contributed by atoms with E-state index in [1.54, 1.807) is 11.3 Å². The largest absolute Gasteiger partial charge is 0.483 e. The number of rotatable bonds is 5. The number of carbonyl (C=O) groups is 1. The molecule has 0 unspecified atom stereocenters. The van der Waals surface area contributed by atoms with Gasteiger partial charge < -0.3 is 4.74 Å². The molecular formula is C18H15BrN2O2S. The maximum absolute atomic E-state index is 11.9. The van der Waals surface area contributed by atoms with Gasteiger partial charge in [-0.05, 0) is 51.1 Å². The Labute approximate surface area is 152 Å². The molecule has 0 saturated heterocycles. The van der Waals surface area contributed by atoms with Gasteiger partial charge in [-0.3, -0.25) is 4.79 Å². The van der Waals surface area contributed by atoms with Crippen molar-refractivity contribution in [2.24, 2.45) is 5.10 Å². The van der Waals surface area contributed by atoms with E-state index in [-0.39, 0.29) is 12.5 Å². The molecule has 1 aromatic heterocycles. The molecule has 0 saturated carbocycles. The lowest BCUT2D eigenvalue weighted by Gasteiger charge is -2.09. The standard InChI is InChI=1S/C18H15BrN2O2S/c1-12(16-7-4-10-24-16)20-21-17(22)11-23-15-9-8-13-5-2-3-6-14(13)18(15)19/h2-10H,11H2,1H3,(H,21,22). The van der Waals surface area contributed by atoms with Crippen LogP contribution in [0.25, 0.3) is 10.8 Å². The Hall–Kier alpha value is -2.18. The van der Waals surface area contributed by atoms with Crippen LogP contribution >= 0.6 is 27.3 Å². The van der Waals surface area contributed by atoms with Crippen LogP contribution in [-0.2, 0) is 4.79 Å². The molecule has 0 radical (unpaired) electrons. The van der Waals surface area contributed by atoms with Crippen LogP contribution < -0.4 is 10.2 Å². The predicted octanol–water partition coefficient (Wildman–Crippen LogP) is 4.58. The van der Waals surface area contributed by atoms with E-state index in [0.717, 1.165) is 25.8 Å². The van der Waals surface area contributed by atoms with E-state index < -0.39 is 0 Å². The van der Waals surface area contributed by atoms with Crippen molar-refractivity contribution in [3.8, 4) is 5.75 Å². The van der Waals surface area contributed by atoms with Crippen LogP contribution in [0.2, 0.25) is 0 Å². The Balaban J connectivity index is 1.62. The molecule has 1 amide bonds. The Kier molecular flexibility index (Phi) is 5.27. The second-order valence-corrected chi connectivity index (χ2v) is 6.84. The first-order chi connectivity index (χ1) is 11.6. The van der Waals surface area contributed by atoms with Crippen molar-refractivity contribution in [3.63, 3.8) is 0 Å². The fourth-order valence-electron chi connectivity index (χ4n) is 2.19. The molecule has 24 heavy (non-hydrogen) atoms. The Bertz CT molecular complexity index is 891. The number of amides is 1. The molecular weight excluding hydrogens is 388 g/mol. The summed E-state index contributed by atoms with van der Waals surface area (Å²) in [6, 6.07) is 15.7. The third kappa shape index (κ3) is 3.83. The van der Waals surface area contributed by atoms with Crippen LogP contribution in [0.3, 0.4) is 0 Å². The molecule has 122 valence electrons. The summed E-state index contributed by atoms with van der Waals surface area (Å²) >= 11 is 5.11. The van der Waals surface area contributed by atoms with Crippen LogP contribution in [0.1, 0.15) is 11.8 Å². The molecule has 0 fully saturated rings. The molecule has 2 aromatic carbocycles. The van der Waals surface area contributed by atoms with Crippen molar-refractivity contribution in [2.75, 3.05) is 6.61 Å². The number of nitrogens with one attached hydrogen (secondary N) is 1. The summed E-state index contributed by atoms with van der Waals surface area (Å²) in [4.78, 5) is 12.9. The molecule has 1 heterocycles. The van der Waals surface area contributed by atoms with Crippen molar-refractivity contribution in [1.29, 1.82) is 0 Å². The number of hydrogen-bond acceptors (Lipinski definition) is 4. The Morgan fingerprint density at radius 3 is 2.83 bits per heavy atom. The fourth-order valence-corrected chi connectivity index (χ4v) is 3.47. The van der Waals surface area contributed by atoms with Crippen molar-refractivity contribution >= 4 is 49.7 Å². The van der Waals surface area contributed by atoms with Gasteiger partial charge in [0.1, 0.15) is 5.75 Å². The first kappa shape index (κ1) is 16.7. The topological polar surface area (TPSA) is 50.7 Å². The minimum Gasteiger partial charge on any atom is -0.483 e. The quantitative estimate of drug-likeness (QED) is 0.501. The molecule has 0 aliphatic rings. The summed E-state index contributed by atoms with van der Waals surface area (Å²) in [5.41, 5.74) is 3.28. The number of ether oxygens (including phenoxy) is 1. The number of halogens is 1. The highest BCUT2D eigenvalue weighted by Crippen LogP contribution is 2.32. The van der Waals surface area contributed by atoms with Gasteiger partial charge in [-0.1, -0.05) is 36.4 Å². The smallest absolute Gasteiger partial charge is 0.277 e. The van der Waals surface area contributed by atoms with Gasteiger partial charge >= 0.3 is 0 Å². The van der Waals surface area contributed by atoms with Crippen LogP contribution in [0, 0.1) is 0 Å². The highest BCUT2D eigenvalue weighted by atomic mass is 79.9. The molecule has 0 spiro atoms. The zero-order valence-electron chi connectivity index (χ0n) is 13.0. The molecule has 0 atom stereocenters. The summed E-state index contributed by atoms with van der Waals surface area (Å²) in [5, 5.41) is 8.21. The normalized spacial score (nSPS) is 11.5. The summed E-state index contributed by atoms with van der Waals surface area (Å²) in [5.74, 6) is 0.328. The Morgan fingerprint density at radius 1 is 1.21 bits per heavy atom. The molecule has 4 nitrogen and oxygen atoms in total. The maximum atomic E-state index is 11.9. The van der Waals surface area contributed by atoms with Gasteiger partial charge in [0.2, 0.25) is 0 Å². The number of hydrogen-bond donors (Lipinski definition) is 1. The van der Waals surface area contributed by atoms with Crippen molar-refractivity contribution in [2.45, 2.75) is 6.92 Å². The first-order valence-corrected chi connectivity index (χ1v) is 8.99. The third-order valence-electron chi connectivity index (χ3n) is 3.41. The number of hydrazone groups is 1. The second kappa shape index (κ2) is 7.59. The second-order valence-electron chi connectivity index (χ2n) is 5.10. The van der Waals surface area contributed by atoms with Gasteiger partial charge in [0.25, 0.3) is 5.91 Å². The molecule has 3 aromatic rings. The summed E-state index contributed by atoms with van der Waals surface area (Å²) in [6.07, 6.45) is 0. The lowest BCUT2D eigenvalue weighted by molar-refractivity contribution is -0.123. The predicted molar refractivity (Wildman–Crippen MR) is 102 cm³/mol. The lowest BCUT2D eigenvalue weighted by atomic mass is 10.1. The number of benzene rings is 2. The van der Waals surface area contributed by atoms with Gasteiger partial charge in [-0.2, -0.15) is 5.10 Å². The van der Waals surface area contributed by atoms with E-state index >= 15 is 0 Å². The summed E-state index contributed by atoms with van der Waals surface area (Å²) < 4.78 is 6.44. The van der Waals surface area contributed by atoms with E-state index in [1.807, 2.05) is 60.8 Å². The van der Waals surface area contributed by atoms with Crippen LogP contribution in [0.15, 0.2) is 63.5 Å².